The van der Waals surface area contributed by atoms with Gasteiger partial charge < -0.3 is 10.6 Å². The van der Waals surface area contributed by atoms with Crippen molar-refractivity contribution in [1.82, 2.24) is 0 Å². The Morgan fingerprint density at radius 2 is 1.57 bits per heavy atom. The van der Waals surface area contributed by atoms with Gasteiger partial charge in [-0.25, -0.2) is 4.79 Å². The molecule has 0 atom stereocenters. The smallest absolute Gasteiger partial charge is 0.366 e. The molecule has 0 saturated heterocycles. The number of halogens is 1. The summed E-state index contributed by atoms with van der Waals surface area (Å²) in [5.74, 6) is -0.527. The van der Waals surface area contributed by atoms with E-state index in [4.69, 9.17) is 22.2 Å². The summed E-state index contributed by atoms with van der Waals surface area (Å²) >= 11 is 6.03. The lowest BCUT2D eigenvalue weighted by Gasteiger charge is -2.05. The monoisotopic (exact) mass is 324 g/mol. The number of hydrogen-bond donors (Lipinski definition) is 1. The fourth-order valence-corrected chi connectivity index (χ4v) is 2.49. The quantitative estimate of drug-likeness (QED) is 0.343. The molecule has 0 fully saturated rings. The number of amidine groups is 1. The van der Waals surface area contributed by atoms with Crippen molar-refractivity contribution >= 4 is 34.2 Å². The Balaban J connectivity index is 1.87. The number of carbonyl (C=O) groups is 1. The number of benzene rings is 3. The van der Waals surface area contributed by atoms with Crippen LogP contribution in [0.5, 0.6) is 0 Å². The molecule has 0 bridgehead atoms. The molecule has 23 heavy (non-hydrogen) atoms. The highest BCUT2D eigenvalue weighted by molar-refractivity contribution is 6.34. The number of fused-ring (bicyclic) bond motifs is 1. The predicted molar refractivity (Wildman–Crippen MR) is 91.5 cm³/mol. The molecule has 0 spiro atoms. The van der Waals surface area contributed by atoms with Crippen LogP contribution in [0, 0.1) is 0 Å². The van der Waals surface area contributed by atoms with E-state index in [2.05, 4.69) is 5.16 Å². The van der Waals surface area contributed by atoms with Crippen molar-refractivity contribution in [1.29, 1.82) is 0 Å². The molecule has 3 rings (SSSR count). The van der Waals surface area contributed by atoms with E-state index in [0.717, 1.165) is 10.8 Å². The molecule has 0 radical (unpaired) electrons. The number of hydrogen-bond acceptors (Lipinski definition) is 3. The summed E-state index contributed by atoms with van der Waals surface area (Å²) in [5.41, 5.74) is 6.77. The molecule has 5 heteroatoms. The van der Waals surface area contributed by atoms with E-state index in [1.807, 2.05) is 30.3 Å². The first-order chi connectivity index (χ1) is 11.2. The summed E-state index contributed by atoms with van der Waals surface area (Å²) in [6.45, 7) is 0. The Labute approximate surface area is 138 Å². The summed E-state index contributed by atoms with van der Waals surface area (Å²) in [6.07, 6.45) is 0. The van der Waals surface area contributed by atoms with Crippen LogP contribution >= 0.6 is 11.6 Å². The molecule has 114 valence electrons. The van der Waals surface area contributed by atoms with E-state index in [9.17, 15) is 4.79 Å². The normalized spacial score (nSPS) is 11.4. The van der Waals surface area contributed by atoms with E-state index < -0.39 is 5.97 Å². The van der Waals surface area contributed by atoms with Crippen LogP contribution in [0.2, 0.25) is 5.02 Å². The van der Waals surface area contributed by atoms with Crippen molar-refractivity contribution in [2.24, 2.45) is 10.9 Å². The second-order valence-corrected chi connectivity index (χ2v) is 5.27. The third-order valence-electron chi connectivity index (χ3n) is 3.39. The largest absolute Gasteiger partial charge is 0.380 e. The van der Waals surface area contributed by atoms with Gasteiger partial charge in [0.1, 0.15) is 0 Å². The number of rotatable bonds is 3. The highest BCUT2D eigenvalue weighted by Gasteiger charge is 2.12. The van der Waals surface area contributed by atoms with Gasteiger partial charge in [0, 0.05) is 5.56 Å². The zero-order valence-electron chi connectivity index (χ0n) is 12.1. The summed E-state index contributed by atoms with van der Waals surface area (Å²) in [6, 6.07) is 19.9. The van der Waals surface area contributed by atoms with Gasteiger partial charge in [0.25, 0.3) is 0 Å². The Morgan fingerprint density at radius 3 is 2.39 bits per heavy atom. The van der Waals surface area contributed by atoms with E-state index in [-0.39, 0.29) is 5.84 Å². The maximum atomic E-state index is 12.3. The van der Waals surface area contributed by atoms with Gasteiger partial charge in [-0.1, -0.05) is 65.3 Å². The van der Waals surface area contributed by atoms with Crippen LogP contribution in [-0.2, 0) is 4.84 Å². The van der Waals surface area contributed by atoms with Crippen molar-refractivity contribution < 1.29 is 9.63 Å². The molecule has 4 nitrogen and oxygen atoms in total. The Bertz CT molecular complexity index is 901. The number of carbonyl (C=O) groups excluding carboxylic acids is 1. The third kappa shape index (κ3) is 3.17. The zero-order valence-corrected chi connectivity index (χ0v) is 12.8. The first-order valence-electron chi connectivity index (χ1n) is 6.94. The second-order valence-electron chi connectivity index (χ2n) is 4.86. The van der Waals surface area contributed by atoms with E-state index >= 15 is 0 Å². The molecule has 0 unspecified atom stereocenters. The van der Waals surface area contributed by atoms with E-state index in [0.29, 0.717) is 16.1 Å². The Morgan fingerprint density at radius 1 is 0.913 bits per heavy atom. The summed E-state index contributed by atoms with van der Waals surface area (Å²) in [5, 5.41) is 5.89. The van der Waals surface area contributed by atoms with Crippen molar-refractivity contribution in [3.8, 4) is 0 Å². The predicted octanol–water partition coefficient (Wildman–Crippen LogP) is 3.97. The summed E-state index contributed by atoms with van der Waals surface area (Å²) in [7, 11) is 0. The number of nitrogens with two attached hydrogens (primary N) is 1. The molecule has 2 N–H and O–H groups in total. The molecule has 0 aliphatic heterocycles. The van der Waals surface area contributed by atoms with Gasteiger partial charge in [0.15, 0.2) is 5.84 Å². The molecule has 0 aromatic heterocycles. The molecular weight excluding hydrogens is 312 g/mol. The van der Waals surface area contributed by atoms with Gasteiger partial charge in [0.05, 0.1) is 10.6 Å². The van der Waals surface area contributed by atoms with Gasteiger partial charge in [-0.2, -0.15) is 0 Å². The van der Waals surface area contributed by atoms with Crippen LogP contribution in [0.3, 0.4) is 0 Å². The average Bonchev–Trinajstić information content (AvgIpc) is 2.59. The lowest BCUT2D eigenvalue weighted by Crippen LogP contribution is -2.15. The lowest BCUT2D eigenvalue weighted by atomic mass is 10.1. The zero-order chi connectivity index (χ0) is 16.2. The maximum absolute atomic E-state index is 12.3. The summed E-state index contributed by atoms with van der Waals surface area (Å²) in [4.78, 5) is 17.2. The molecule has 3 aromatic rings. The minimum Gasteiger partial charge on any atom is -0.380 e. The minimum absolute atomic E-state index is 0.0455. The van der Waals surface area contributed by atoms with Crippen LogP contribution in [0.4, 0.5) is 0 Å². The number of nitrogens with zero attached hydrogens (tertiary/aromatic N) is 1. The number of oxime groups is 1. The van der Waals surface area contributed by atoms with E-state index in [1.165, 1.54) is 0 Å². The van der Waals surface area contributed by atoms with Crippen LogP contribution in [-0.4, -0.2) is 11.8 Å². The lowest BCUT2D eigenvalue weighted by molar-refractivity contribution is 0.0518. The third-order valence-corrected chi connectivity index (χ3v) is 3.72. The fourth-order valence-electron chi connectivity index (χ4n) is 2.26. The fraction of sp³-hybridized carbons (Fsp3) is 0. The van der Waals surface area contributed by atoms with Gasteiger partial charge >= 0.3 is 5.97 Å². The molecule has 0 saturated carbocycles. The van der Waals surface area contributed by atoms with Crippen LogP contribution in [0.1, 0.15) is 15.9 Å². The second kappa shape index (κ2) is 6.50. The molecule has 0 aliphatic carbocycles. The van der Waals surface area contributed by atoms with Crippen molar-refractivity contribution in [2.45, 2.75) is 0 Å². The topological polar surface area (TPSA) is 64.7 Å². The van der Waals surface area contributed by atoms with Gasteiger partial charge in [-0.05, 0) is 29.0 Å². The van der Waals surface area contributed by atoms with Crippen LogP contribution < -0.4 is 5.73 Å². The highest BCUT2D eigenvalue weighted by atomic mass is 35.5. The standard InChI is InChI=1S/C18H13ClN2O2/c19-16-11-4-3-9-15(16)17(20)21-23-18(22)14-10-5-7-12-6-1-2-8-13(12)14/h1-11H,(H2,20,21). The Hall–Kier alpha value is -2.85. The Kier molecular flexibility index (Phi) is 4.26. The van der Waals surface area contributed by atoms with Crippen molar-refractivity contribution in [3.05, 3.63) is 82.9 Å². The summed E-state index contributed by atoms with van der Waals surface area (Å²) < 4.78 is 0. The maximum Gasteiger partial charge on any atom is 0.366 e. The van der Waals surface area contributed by atoms with Crippen molar-refractivity contribution in [2.75, 3.05) is 0 Å². The van der Waals surface area contributed by atoms with Crippen LogP contribution in [0.25, 0.3) is 10.8 Å². The first kappa shape index (κ1) is 15.1. The SMILES string of the molecule is N/C(=N/OC(=O)c1cccc2ccccc12)c1ccccc1Cl. The molecule has 0 amide bonds. The van der Waals surface area contributed by atoms with Gasteiger partial charge in [0.2, 0.25) is 0 Å². The van der Waals surface area contributed by atoms with Crippen LogP contribution in [0.15, 0.2) is 71.9 Å². The molecular formula is C18H13ClN2O2. The van der Waals surface area contributed by atoms with Gasteiger partial charge in [-0.15, -0.1) is 0 Å². The van der Waals surface area contributed by atoms with Gasteiger partial charge in [-0.3, -0.25) is 0 Å². The molecule has 0 heterocycles. The highest BCUT2D eigenvalue weighted by Crippen LogP contribution is 2.19. The van der Waals surface area contributed by atoms with E-state index in [1.54, 1.807) is 36.4 Å². The minimum atomic E-state index is -0.572. The first-order valence-corrected chi connectivity index (χ1v) is 7.32. The average molecular weight is 325 g/mol. The molecule has 0 aliphatic rings. The van der Waals surface area contributed by atoms with Crippen molar-refractivity contribution in [3.63, 3.8) is 0 Å². The molecule has 3 aromatic carbocycles.